The SMILES string of the molecule is CNC(=O)C(C)(C)CCNC(=O)c1nc(CC2CCCCC2)c(-c2ccc(S(=O)(=O)NC(C)(C)C)c(C(F)(F)F)c2)s1. The Bertz CT molecular complexity index is 1390. The number of halogens is 3. The molecule has 13 heteroatoms. The summed E-state index contributed by atoms with van der Waals surface area (Å²) in [7, 11) is -2.93. The summed E-state index contributed by atoms with van der Waals surface area (Å²) in [6.45, 7) is 8.38. The molecule has 1 aromatic heterocycles. The lowest BCUT2D eigenvalue weighted by Gasteiger charge is -2.23. The lowest BCUT2D eigenvalue weighted by molar-refractivity contribution is -0.139. The number of carbonyl (C=O) groups excluding carboxylic acids is 2. The van der Waals surface area contributed by atoms with Gasteiger partial charge in [-0.15, -0.1) is 11.3 Å². The number of hydrogen-bond acceptors (Lipinski definition) is 6. The first-order chi connectivity index (χ1) is 19.3. The summed E-state index contributed by atoms with van der Waals surface area (Å²) in [6, 6.07) is 3.15. The Kier molecular flexibility index (Phi) is 10.5. The van der Waals surface area contributed by atoms with Gasteiger partial charge in [0.2, 0.25) is 15.9 Å². The van der Waals surface area contributed by atoms with E-state index in [1.165, 1.54) is 6.07 Å². The Balaban J connectivity index is 2.00. The quantitative estimate of drug-likeness (QED) is 0.301. The summed E-state index contributed by atoms with van der Waals surface area (Å²) >= 11 is 0.986. The molecule has 0 atom stereocenters. The second-order valence-corrected chi connectivity index (χ2v) is 15.2. The third-order valence-corrected chi connectivity index (χ3v) is 10.2. The molecule has 0 saturated heterocycles. The van der Waals surface area contributed by atoms with Crippen LogP contribution in [0.5, 0.6) is 0 Å². The van der Waals surface area contributed by atoms with E-state index in [4.69, 9.17) is 0 Å². The third kappa shape index (κ3) is 8.76. The maximum absolute atomic E-state index is 14.2. The van der Waals surface area contributed by atoms with E-state index >= 15 is 0 Å². The Hall–Kier alpha value is -2.51. The number of nitrogens with zero attached hydrogens (tertiary/aromatic N) is 1. The van der Waals surface area contributed by atoms with Crippen molar-refractivity contribution in [3.05, 3.63) is 34.5 Å². The first kappa shape index (κ1) is 34.0. The molecule has 8 nitrogen and oxygen atoms in total. The van der Waals surface area contributed by atoms with Gasteiger partial charge in [0.1, 0.15) is 0 Å². The molecular weight excluding hydrogens is 589 g/mol. The largest absolute Gasteiger partial charge is 0.417 e. The molecule has 0 aliphatic heterocycles. The lowest BCUT2D eigenvalue weighted by Crippen LogP contribution is -2.41. The van der Waals surface area contributed by atoms with Crippen molar-refractivity contribution in [2.24, 2.45) is 11.3 Å². The highest BCUT2D eigenvalue weighted by atomic mass is 32.2. The minimum Gasteiger partial charge on any atom is -0.359 e. The van der Waals surface area contributed by atoms with E-state index in [1.54, 1.807) is 41.7 Å². The van der Waals surface area contributed by atoms with Gasteiger partial charge in [-0.05, 0) is 57.2 Å². The molecule has 0 spiro atoms. The highest BCUT2D eigenvalue weighted by Crippen LogP contribution is 2.40. The molecule has 0 radical (unpaired) electrons. The molecule has 3 rings (SSSR count). The van der Waals surface area contributed by atoms with Crippen molar-refractivity contribution in [1.29, 1.82) is 0 Å². The van der Waals surface area contributed by atoms with E-state index < -0.39 is 43.5 Å². The Morgan fingerprint density at radius 1 is 1.05 bits per heavy atom. The predicted octanol–water partition coefficient (Wildman–Crippen LogP) is 5.92. The molecule has 42 heavy (non-hydrogen) atoms. The van der Waals surface area contributed by atoms with Gasteiger partial charge < -0.3 is 10.6 Å². The van der Waals surface area contributed by atoms with Crippen molar-refractivity contribution < 1.29 is 31.2 Å². The fourth-order valence-electron chi connectivity index (χ4n) is 5.08. The zero-order chi connectivity index (χ0) is 31.5. The Morgan fingerprint density at radius 2 is 1.69 bits per heavy atom. The van der Waals surface area contributed by atoms with Gasteiger partial charge in [0.05, 0.1) is 21.0 Å². The smallest absolute Gasteiger partial charge is 0.359 e. The molecule has 2 aromatic rings. The van der Waals surface area contributed by atoms with Crippen LogP contribution in [0.4, 0.5) is 13.2 Å². The molecular formula is C29H41F3N4O4S2. The van der Waals surface area contributed by atoms with E-state index in [2.05, 4.69) is 20.3 Å². The fraction of sp³-hybridized carbons (Fsp3) is 0.621. The number of nitrogens with one attached hydrogen (secondary N) is 3. The predicted molar refractivity (Wildman–Crippen MR) is 158 cm³/mol. The summed E-state index contributed by atoms with van der Waals surface area (Å²) in [5.41, 5.74) is -2.29. The monoisotopic (exact) mass is 630 g/mol. The Labute approximate surface area is 250 Å². The minimum absolute atomic E-state index is 0.105. The zero-order valence-corrected chi connectivity index (χ0v) is 26.6. The maximum atomic E-state index is 14.2. The summed E-state index contributed by atoms with van der Waals surface area (Å²) in [4.78, 5) is 29.3. The number of sulfonamides is 1. The molecule has 1 fully saturated rings. The number of thiazole rings is 1. The van der Waals surface area contributed by atoms with Gasteiger partial charge >= 0.3 is 6.18 Å². The second kappa shape index (κ2) is 13.0. The van der Waals surface area contributed by atoms with E-state index in [-0.39, 0.29) is 23.0 Å². The van der Waals surface area contributed by atoms with Crippen LogP contribution in [0.1, 0.15) is 94.2 Å². The highest BCUT2D eigenvalue weighted by Gasteiger charge is 2.39. The van der Waals surface area contributed by atoms with Crippen LogP contribution in [-0.2, 0) is 27.4 Å². The fourth-order valence-corrected chi connectivity index (χ4v) is 7.71. The average Bonchev–Trinajstić information content (AvgIpc) is 3.30. The van der Waals surface area contributed by atoms with Crippen LogP contribution in [0.3, 0.4) is 0 Å². The van der Waals surface area contributed by atoms with Gasteiger partial charge in [0.15, 0.2) is 5.01 Å². The average molecular weight is 631 g/mol. The number of alkyl halides is 3. The molecule has 0 unspecified atom stereocenters. The molecule has 1 aliphatic rings. The van der Waals surface area contributed by atoms with Crippen LogP contribution in [-0.4, -0.2) is 44.3 Å². The van der Waals surface area contributed by atoms with Crippen molar-refractivity contribution in [3.8, 4) is 10.4 Å². The van der Waals surface area contributed by atoms with Gasteiger partial charge in [0, 0.05) is 24.5 Å². The molecule has 1 aliphatic carbocycles. The third-order valence-electron chi connectivity index (χ3n) is 7.25. The van der Waals surface area contributed by atoms with Crippen molar-refractivity contribution in [2.45, 2.75) is 96.2 Å². The van der Waals surface area contributed by atoms with Crippen molar-refractivity contribution >= 4 is 33.2 Å². The zero-order valence-electron chi connectivity index (χ0n) is 25.0. The van der Waals surface area contributed by atoms with Crippen LogP contribution in [0.25, 0.3) is 10.4 Å². The molecule has 0 bridgehead atoms. The summed E-state index contributed by atoms with van der Waals surface area (Å²) in [6.07, 6.45) is 1.13. The molecule has 3 N–H and O–H groups in total. The molecule has 1 aromatic carbocycles. The van der Waals surface area contributed by atoms with Gasteiger partial charge in [0.25, 0.3) is 5.91 Å². The molecule has 1 heterocycles. The second-order valence-electron chi connectivity index (χ2n) is 12.5. The number of aromatic nitrogens is 1. The highest BCUT2D eigenvalue weighted by molar-refractivity contribution is 7.89. The number of benzene rings is 1. The Morgan fingerprint density at radius 3 is 2.26 bits per heavy atom. The standard InChI is InChI=1S/C29H41F3N4O4S2/c1-27(2,3)36-42(39,40)22-13-12-19(17-20(22)29(30,31)32)23-21(16-18-10-8-7-9-11-18)35-25(41-23)24(37)34-15-14-28(4,5)26(38)33-6/h12-13,17-18,36H,7-11,14-16H2,1-6H3,(H,33,38)(H,34,37). The van der Waals surface area contributed by atoms with E-state index in [1.807, 2.05) is 0 Å². The van der Waals surface area contributed by atoms with Crippen LogP contribution in [0.15, 0.2) is 23.1 Å². The van der Waals surface area contributed by atoms with Gasteiger partial charge in [-0.1, -0.05) is 52.0 Å². The molecule has 2 amide bonds. The molecule has 234 valence electrons. The number of amides is 2. The van der Waals surface area contributed by atoms with Crippen molar-refractivity contribution in [1.82, 2.24) is 20.3 Å². The van der Waals surface area contributed by atoms with E-state index in [0.717, 1.165) is 55.6 Å². The first-order valence-corrected chi connectivity index (χ1v) is 16.4. The van der Waals surface area contributed by atoms with Gasteiger partial charge in [-0.25, -0.2) is 18.1 Å². The lowest BCUT2D eigenvalue weighted by atomic mass is 9.85. The summed E-state index contributed by atoms with van der Waals surface area (Å²) < 4.78 is 70.8. The van der Waals surface area contributed by atoms with Crippen molar-refractivity contribution in [2.75, 3.05) is 13.6 Å². The number of hydrogen-bond donors (Lipinski definition) is 3. The van der Waals surface area contributed by atoms with Crippen molar-refractivity contribution in [3.63, 3.8) is 0 Å². The maximum Gasteiger partial charge on any atom is 0.417 e. The van der Waals surface area contributed by atoms with Gasteiger partial charge in [-0.3, -0.25) is 9.59 Å². The van der Waals surface area contributed by atoms with E-state index in [9.17, 15) is 31.2 Å². The number of rotatable bonds is 10. The molecule has 1 saturated carbocycles. The number of carbonyl (C=O) groups is 2. The van der Waals surface area contributed by atoms with Crippen LogP contribution >= 0.6 is 11.3 Å². The van der Waals surface area contributed by atoms with Crippen LogP contribution in [0.2, 0.25) is 0 Å². The topological polar surface area (TPSA) is 117 Å². The first-order valence-electron chi connectivity index (χ1n) is 14.1. The minimum atomic E-state index is -4.94. The summed E-state index contributed by atoms with van der Waals surface area (Å²) in [5.74, 6) is -0.346. The van der Waals surface area contributed by atoms with E-state index in [0.29, 0.717) is 29.3 Å². The van der Waals surface area contributed by atoms with Crippen LogP contribution < -0.4 is 15.4 Å². The normalized spacial score (nSPS) is 15.5. The summed E-state index contributed by atoms with van der Waals surface area (Å²) in [5, 5.41) is 5.48. The van der Waals surface area contributed by atoms with Crippen LogP contribution in [0, 0.1) is 11.3 Å². The van der Waals surface area contributed by atoms with Gasteiger partial charge in [-0.2, -0.15) is 13.2 Å².